The van der Waals surface area contributed by atoms with Gasteiger partial charge in [0.05, 0.1) is 18.4 Å². The molecule has 11 heteroatoms. The monoisotopic (exact) mass is 632 g/mol. The van der Waals surface area contributed by atoms with Crippen LogP contribution in [0.15, 0.2) is 48.5 Å². The lowest BCUT2D eigenvalue weighted by Crippen LogP contribution is -2.60. The van der Waals surface area contributed by atoms with Gasteiger partial charge in [-0.2, -0.15) is 5.26 Å². The molecule has 2 amide bonds. The van der Waals surface area contributed by atoms with Crippen LogP contribution in [0.25, 0.3) is 11.3 Å². The van der Waals surface area contributed by atoms with E-state index < -0.39 is 11.4 Å². The van der Waals surface area contributed by atoms with Crippen molar-refractivity contribution in [3.63, 3.8) is 0 Å². The lowest BCUT2D eigenvalue weighted by atomic mass is 9.87. The second-order valence-electron chi connectivity index (χ2n) is 11.6. The third kappa shape index (κ3) is 6.60. The van der Waals surface area contributed by atoms with Gasteiger partial charge in [0.1, 0.15) is 35.2 Å². The number of pyridine rings is 1. The molecule has 2 saturated heterocycles. The van der Waals surface area contributed by atoms with Crippen molar-refractivity contribution in [3.8, 4) is 23.1 Å². The second kappa shape index (κ2) is 13.8. The number of rotatable bonds is 9. The summed E-state index contributed by atoms with van der Waals surface area (Å²) in [6.07, 6.45) is 4.42. The van der Waals surface area contributed by atoms with Crippen molar-refractivity contribution in [3.05, 3.63) is 70.6 Å². The number of methoxy groups -OCH3 is 1. The molecule has 0 aliphatic carbocycles. The van der Waals surface area contributed by atoms with Crippen LogP contribution in [-0.4, -0.2) is 79.5 Å². The van der Waals surface area contributed by atoms with E-state index in [0.717, 1.165) is 25.9 Å². The van der Waals surface area contributed by atoms with E-state index in [0.29, 0.717) is 55.2 Å². The molecule has 0 radical (unpaired) electrons. The summed E-state index contributed by atoms with van der Waals surface area (Å²) in [5, 5.41) is 9.27. The van der Waals surface area contributed by atoms with Gasteiger partial charge in [0.2, 0.25) is 0 Å². The van der Waals surface area contributed by atoms with E-state index in [1.165, 1.54) is 54.3 Å². The van der Waals surface area contributed by atoms with Crippen LogP contribution in [0.3, 0.4) is 0 Å². The highest BCUT2D eigenvalue weighted by molar-refractivity contribution is 6.32. The summed E-state index contributed by atoms with van der Waals surface area (Å²) in [4.78, 5) is 38.8. The molecule has 45 heavy (non-hydrogen) atoms. The number of likely N-dealkylation sites (N-methyl/N-ethyl adjacent to an activating group) is 1. The van der Waals surface area contributed by atoms with Crippen molar-refractivity contribution in [2.24, 2.45) is 0 Å². The van der Waals surface area contributed by atoms with Crippen LogP contribution in [0.2, 0.25) is 5.15 Å². The number of aromatic nitrogens is 1. The maximum Gasteiger partial charge on any atom is 0.325 e. The second-order valence-corrected chi connectivity index (χ2v) is 12.0. The maximum absolute atomic E-state index is 13.9. The molecule has 2 aliphatic heterocycles. The molecule has 0 saturated carbocycles. The van der Waals surface area contributed by atoms with E-state index in [-0.39, 0.29) is 16.7 Å². The minimum atomic E-state index is -0.956. The SMILES string of the molecule is CCN(C(=O)N(C)c1cc(OC)c(-c2ccc(F)c(C#N)c2)nc1Cl)C1(C=O)CCN(Cc2ccc(N3CCCC3)cc2)CC1. The van der Waals surface area contributed by atoms with Gasteiger partial charge in [0.15, 0.2) is 5.15 Å². The first-order chi connectivity index (χ1) is 21.7. The molecular weight excluding hydrogens is 595 g/mol. The van der Waals surface area contributed by atoms with Crippen LogP contribution in [0.4, 0.5) is 20.6 Å². The number of ether oxygens (including phenoxy) is 1. The molecular formula is C34H38ClFN6O3. The molecule has 0 atom stereocenters. The van der Waals surface area contributed by atoms with Crippen LogP contribution in [0.1, 0.15) is 43.7 Å². The number of anilines is 2. The molecule has 2 aromatic carbocycles. The van der Waals surface area contributed by atoms with Crippen molar-refractivity contribution in [2.45, 2.75) is 44.7 Å². The van der Waals surface area contributed by atoms with Gasteiger partial charge in [-0.05, 0) is 68.5 Å². The van der Waals surface area contributed by atoms with Gasteiger partial charge in [-0.3, -0.25) is 9.80 Å². The normalized spacial score (nSPS) is 16.2. The standard InChI is InChI=1S/C34H38ClFN6O3/c1-4-42(34(23-43)13-17-40(18-14-34)22-24-7-10-27(11-8-24)41-15-5-6-16-41)33(44)39(2)29-20-30(45-3)31(38-32(29)35)25-9-12-28(36)26(19-25)21-37/h7-12,19-20,23H,4-6,13-18,22H2,1-3H3. The summed E-state index contributed by atoms with van der Waals surface area (Å²) < 4.78 is 19.5. The first-order valence-electron chi connectivity index (χ1n) is 15.3. The zero-order chi connectivity index (χ0) is 32.1. The number of aldehydes is 1. The highest BCUT2D eigenvalue weighted by Crippen LogP contribution is 2.38. The number of urea groups is 1. The molecule has 2 aliphatic rings. The fourth-order valence-corrected chi connectivity index (χ4v) is 6.60. The summed E-state index contributed by atoms with van der Waals surface area (Å²) in [7, 11) is 3.03. The lowest BCUT2D eigenvalue weighted by Gasteiger charge is -2.46. The van der Waals surface area contributed by atoms with E-state index in [1.807, 2.05) is 13.0 Å². The van der Waals surface area contributed by atoms with E-state index in [9.17, 15) is 19.2 Å². The highest BCUT2D eigenvalue weighted by Gasteiger charge is 2.43. The zero-order valence-corrected chi connectivity index (χ0v) is 26.7. The first-order valence-corrected chi connectivity index (χ1v) is 15.6. The van der Waals surface area contributed by atoms with Gasteiger partial charge in [0, 0.05) is 63.6 Å². The van der Waals surface area contributed by atoms with E-state index in [1.54, 1.807) is 18.0 Å². The number of hydrogen-bond donors (Lipinski definition) is 0. The van der Waals surface area contributed by atoms with Gasteiger partial charge in [-0.1, -0.05) is 23.7 Å². The smallest absolute Gasteiger partial charge is 0.325 e. The van der Waals surface area contributed by atoms with Crippen molar-refractivity contribution < 1.29 is 18.7 Å². The third-order valence-corrected chi connectivity index (χ3v) is 9.27. The number of nitriles is 1. The van der Waals surface area contributed by atoms with Crippen molar-refractivity contribution in [1.82, 2.24) is 14.8 Å². The van der Waals surface area contributed by atoms with Crippen molar-refractivity contribution in [2.75, 3.05) is 56.7 Å². The Labute approximate surface area is 268 Å². The number of likely N-dealkylation sites (tertiary alicyclic amines) is 1. The van der Waals surface area contributed by atoms with Crippen LogP contribution in [-0.2, 0) is 11.3 Å². The summed E-state index contributed by atoms with van der Waals surface area (Å²) >= 11 is 6.60. The van der Waals surface area contributed by atoms with Gasteiger partial charge < -0.3 is 19.3 Å². The fourth-order valence-electron chi connectivity index (χ4n) is 6.34. The predicted octanol–water partition coefficient (Wildman–Crippen LogP) is 6.13. The largest absolute Gasteiger partial charge is 0.494 e. The summed E-state index contributed by atoms with van der Waals surface area (Å²) in [5.41, 5.74) is 2.44. The number of benzene rings is 2. The van der Waals surface area contributed by atoms with Crippen LogP contribution < -0.4 is 14.5 Å². The molecule has 236 valence electrons. The molecule has 3 heterocycles. The van der Waals surface area contributed by atoms with E-state index >= 15 is 0 Å². The number of carbonyl (C=O) groups is 2. The molecule has 3 aromatic rings. The Morgan fingerprint density at radius 2 is 1.82 bits per heavy atom. The summed E-state index contributed by atoms with van der Waals surface area (Å²) in [6, 6.07) is 15.8. The molecule has 1 aromatic heterocycles. The Hall–Kier alpha value is -4.20. The first kappa shape index (κ1) is 32.2. The number of hydrogen-bond acceptors (Lipinski definition) is 7. The van der Waals surface area contributed by atoms with Crippen LogP contribution in [0.5, 0.6) is 5.75 Å². The molecule has 0 N–H and O–H groups in total. The molecule has 0 unspecified atom stereocenters. The number of nitrogens with zero attached hydrogens (tertiary/aromatic N) is 6. The van der Waals surface area contributed by atoms with Crippen LogP contribution in [0, 0.1) is 17.1 Å². The zero-order valence-electron chi connectivity index (χ0n) is 25.9. The van der Waals surface area contributed by atoms with Crippen molar-refractivity contribution >= 4 is 35.3 Å². The minimum absolute atomic E-state index is 0.0197. The van der Waals surface area contributed by atoms with Gasteiger partial charge >= 0.3 is 6.03 Å². The quantitative estimate of drug-likeness (QED) is 0.207. The number of carbonyl (C=O) groups excluding carboxylic acids is 2. The number of amides is 2. The van der Waals surface area contributed by atoms with E-state index in [4.69, 9.17) is 16.3 Å². The summed E-state index contributed by atoms with van der Waals surface area (Å²) in [6.45, 7) is 6.54. The third-order valence-electron chi connectivity index (χ3n) is 8.99. The molecule has 5 rings (SSSR count). The Morgan fingerprint density at radius 1 is 1.13 bits per heavy atom. The average Bonchev–Trinajstić information content (AvgIpc) is 3.61. The Bertz CT molecular complexity index is 1580. The fraction of sp³-hybridized carbons (Fsp3) is 0.412. The van der Waals surface area contributed by atoms with Gasteiger partial charge in [-0.15, -0.1) is 0 Å². The molecule has 9 nitrogen and oxygen atoms in total. The van der Waals surface area contributed by atoms with Crippen molar-refractivity contribution in [1.29, 1.82) is 5.26 Å². The Balaban J connectivity index is 1.30. The topological polar surface area (TPSA) is 93.0 Å². The molecule has 2 fully saturated rings. The lowest BCUT2D eigenvalue weighted by molar-refractivity contribution is -0.119. The average molecular weight is 633 g/mol. The Morgan fingerprint density at radius 3 is 2.42 bits per heavy atom. The number of piperidine rings is 1. The maximum atomic E-state index is 13.9. The minimum Gasteiger partial charge on any atom is -0.494 e. The summed E-state index contributed by atoms with van der Waals surface area (Å²) in [5.74, 6) is -0.353. The van der Waals surface area contributed by atoms with Gasteiger partial charge in [-0.25, -0.2) is 14.2 Å². The van der Waals surface area contributed by atoms with Gasteiger partial charge in [0.25, 0.3) is 0 Å². The predicted molar refractivity (Wildman–Crippen MR) is 173 cm³/mol. The van der Waals surface area contributed by atoms with E-state index in [2.05, 4.69) is 39.0 Å². The Kier molecular flexibility index (Phi) is 9.90. The highest BCUT2D eigenvalue weighted by atomic mass is 35.5. The molecule has 0 bridgehead atoms. The van der Waals surface area contributed by atoms with Crippen LogP contribution >= 0.6 is 11.6 Å². The molecule has 0 spiro atoms. The number of halogens is 2.